The van der Waals surface area contributed by atoms with Crippen molar-refractivity contribution < 1.29 is 19.4 Å². The Kier molecular flexibility index (Phi) is 4.25. The smallest absolute Gasteiger partial charge is 0.261 e. The summed E-state index contributed by atoms with van der Waals surface area (Å²) in [4.78, 5) is 24.7. The van der Waals surface area contributed by atoms with Crippen LogP contribution in [0.2, 0.25) is 10.0 Å². The van der Waals surface area contributed by atoms with E-state index in [1.54, 1.807) is 24.3 Å². The Hall–Kier alpha value is -2.08. The Labute approximate surface area is 148 Å². The van der Waals surface area contributed by atoms with E-state index < -0.39 is 23.7 Å². The maximum Gasteiger partial charge on any atom is 0.261 e. The molecule has 1 aliphatic rings. The van der Waals surface area contributed by atoms with Crippen molar-refractivity contribution in [3.05, 3.63) is 57.6 Å². The largest absolute Gasteiger partial charge is 0.497 e. The average Bonchev–Trinajstić information content (AvgIpc) is 2.77. The molecule has 5 nitrogen and oxygen atoms in total. The van der Waals surface area contributed by atoms with Crippen LogP contribution >= 0.6 is 23.2 Å². The summed E-state index contributed by atoms with van der Waals surface area (Å²) in [6.07, 6.45) is -0.431. The summed E-state index contributed by atoms with van der Waals surface area (Å²) in [5.74, 6) is -0.496. The number of carbonyl (C=O) groups is 2. The van der Waals surface area contributed by atoms with Gasteiger partial charge in [0.05, 0.1) is 24.2 Å². The fourth-order valence-electron chi connectivity index (χ4n) is 2.71. The maximum absolute atomic E-state index is 12.5. The molecule has 24 heavy (non-hydrogen) atoms. The van der Waals surface area contributed by atoms with Crippen LogP contribution in [0.15, 0.2) is 36.4 Å². The summed E-state index contributed by atoms with van der Waals surface area (Å²) in [5.41, 5.74) is -1.20. The SMILES string of the molecule is COc1ccc(C(=O)C[C@@]2(O)C(=O)Nc3cc(Cl)cc(Cl)c32)cc1. The lowest BCUT2D eigenvalue weighted by Gasteiger charge is -2.21. The number of hydrogen-bond donors (Lipinski definition) is 2. The van der Waals surface area contributed by atoms with Gasteiger partial charge in [-0.25, -0.2) is 0 Å². The van der Waals surface area contributed by atoms with Gasteiger partial charge in [0.1, 0.15) is 5.75 Å². The predicted molar refractivity (Wildman–Crippen MR) is 90.9 cm³/mol. The first kappa shape index (κ1) is 16.8. The lowest BCUT2D eigenvalue weighted by molar-refractivity contribution is -0.133. The average molecular weight is 366 g/mol. The number of rotatable bonds is 4. The molecule has 1 atom stereocenters. The van der Waals surface area contributed by atoms with E-state index in [0.29, 0.717) is 22.0 Å². The highest BCUT2D eigenvalue weighted by Gasteiger charge is 2.48. The summed E-state index contributed by atoms with van der Waals surface area (Å²) in [6.45, 7) is 0. The molecule has 3 rings (SSSR count). The van der Waals surface area contributed by atoms with Crippen molar-refractivity contribution in [3.8, 4) is 5.75 Å². The molecule has 0 saturated carbocycles. The van der Waals surface area contributed by atoms with Crippen molar-refractivity contribution in [1.82, 2.24) is 0 Å². The summed E-state index contributed by atoms with van der Waals surface area (Å²) in [7, 11) is 1.52. The molecule has 0 saturated heterocycles. The number of Topliss-reactive ketones (excluding diaryl/α,β-unsaturated/α-hetero) is 1. The summed E-state index contributed by atoms with van der Waals surface area (Å²) >= 11 is 12.0. The molecule has 7 heteroatoms. The standard InChI is InChI=1S/C17H13Cl2NO4/c1-24-11-4-2-9(3-5-11)14(21)8-17(23)15-12(19)6-10(18)7-13(15)20-16(17)22/h2-7,23H,8H2,1H3,(H,20,22)/t17-/m0/s1. The van der Waals surface area contributed by atoms with E-state index in [-0.39, 0.29) is 10.6 Å². The molecule has 1 heterocycles. The monoisotopic (exact) mass is 365 g/mol. The van der Waals surface area contributed by atoms with Crippen molar-refractivity contribution in [2.24, 2.45) is 0 Å². The molecule has 0 unspecified atom stereocenters. The van der Waals surface area contributed by atoms with E-state index in [4.69, 9.17) is 27.9 Å². The first-order valence-corrected chi connectivity index (χ1v) is 7.81. The predicted octanol–water partition coefficient (Wildman–Crippen LogP) is 3.41. The zero-order valence-corrected chi connectivity index (χ0v) is 14.1. The minimum absolute atomic E-state index is 0.126. The summed E-state index contributed by atoms with van der Waals surface area (Å²) < 4.78 is 5.04. The van der Waals surface area contributed by atoms with Crippen molar-refractivity contribution in [1.29, 1.82) is 0 Å². The quantitative estimate of drug-likeness (QED) is 0.814. The number of benzene rings is 2. The minimum Gasteiger partial charge on any atom is -0.497 e. The number of amides is 1. The van der Waals surface area contributed by atoms with Crippen LogP contribution in [0.1, 0.15) is 22.3 Å². The second kappa shape index (κ2) is 6.09. The maximum atomic E-state index is 12.5. The highest BCUT2D eigenvalue weighted by molar-refractivity contribution is 6.36. The molecule has 2 aromatic carbocycles. The van der Waals surface area contributed by atoms with Crippen LogP contribution < -0.4 is 10.1 Å². The third-order valence-electron chi connectivity index (χ3n) is 3.92. The molecule has 124 valence electrons. The van der Waals surface area contributed by atoms with Crippen LogP contribution in [-0.2, 0) is 10.4 Å². The van der Waals surface area contributed by atoms with Gasteiger partial charge in [0.2, 0.25) is 0 Å². The van der Waals surface area contributed by atoms with Gasteiger partial charge in [0.15, 0.2) is 11.4 Å². The highest BCUT2D eigenvalue weighted by atomic mass is 35.5. The molecule has 0 spiro atoms. The molecular weight excluding hydrogens is 353 g/mol. The zero-order valence-electron chi connectivity index (χ0n) is 12.6. The van der Waals surface area contributed by atoms with Crippen molar-refractivity contribution in [2.45, 2.75) is 12.0 Å². The number of nitrogens with one attached hydrogen (secondary N) is 1. The molecule has 1 aliphatic heterocycles. The normalized spacial score (nSPS) is 18.9. The molecule has 0 aliphatic carbocycles. The molecule has 0 radical (unpaired) electrons. The second-order valence-electron chi connectivity index (χ2n) is 5.45. The van der Waals surface area contributed by atoms with Crippen molar-refractivity contribution in [2.75, 3.05) is 12.4 Å². The Morgan fingerprint density at radius 3 is 2.54 bits per heavy atom. The van der Waals surface area contributed by atoms with Gasteiger partial charge >= 0.3 is 0 Å². The van der Waals surface area contributed by atoms with Gasteiger partial charge in [-0.05, 0) is 36.4 Å². The number of methoxy groups -OCH3 is 1. The lowest BCUT2D eigenvalue weighted by Crippen LogP contribution is -2.36. The third-order valence-corrected chi connectivity index (χ3v) is 4.44. The molecule has 1 amide bonds. The van der Waals surface area contributed by atoms with Gasteiger partial charge in [-0.2, -0.15) is 0 Å². The number of anilines is 1. The van der Waals surface area contributed by atoms with E-state index in [1.165, 1.54) is 19.2 Å². The highest BCUT2D eigenvalue weighted by Crippen LogP contribution is 2.44. The number of halogens is 2. The Morgan fingerprint density at radius 2 is 1.92 bits per heavy atom. The van der Waals surface area contributed by atoms with Crippen LogP contribution in [0.5, 0.6) is 5.75 Å². The molecular formula is C17H13Cl2NO4. The van der Waals surface area contributed by atoms with Crippen LogP contribution in [0.3, 0.4) is 0 Å². The zero-order chi connectivity index (χ0) is 17.5. The number of ether oxygens (including phenoxy) is 1. The summed E-state index contributed by atoms with van der Waals surface area (Å²) in [6, 6.07) is 9.31. The Morgan fingerprint density at radius 1 is 1.25 bits per heavy atom. The van der Waals surface area contributed by atoms with Crippen LogP contribution in [0, 0.1) is 0 Å². The fraction of sp³-hybridized carbons (Fsp3) is 0.176. The van der Waals surface area contributed by atoms with E-state index in [2.05, 4.69) is 5.32 Å². The molecule has 0 aromatic heterocycles. The lowest BCUT2D eigenvalue weighted by atomic mass is 9.88. The molecule has 0 bridgehead atoms. The number of carbonyl (C=O) groups excluding carboxylic acids is 2. The van der Waals surface area contributed by atoms with Gasteiger partial charge in [0.25, 0.3) is 5.91 Å². The fourth-order valence-corrected chi connectivity index (χ4v) is 3.36. The van der Waals surface area contributed by atoms with Gasteiger partial charge in [-0.15, -0.1) is 0 Å². The van der Waals surface area contributed by atoms with Gasteiger partial charge in [-0.3, -0.25) is 9.59 Å². The number of aliphatic hydroxyl groups is 1. The first-order valence-electron chi connectivity index (χ1n) is 7.06. The summed E-state index contributed by atoms with van der Waals surface area (Å²) in [5, 5.41) is 13.8. The molecule has 2 aromatic rings. The molecule has 0 fully saturated rings. The van der Waals surface area contributed by atoms with Gasteiger partial charge in [-0.1, -0.05) is 23.2 Å². The van der Waals surface area contributed by atoms with E-state index in [1.807, 2.05) is 0 Å². The number of hydrogen-bond acceptors (Lipinski definition) is 4. The topological polar surface area (TPSA) is 75.6 Å². The molecule has 2 N–H and O–H groups in total. The van der Waals surface area contributed by atoms with Crippen LogP contribution in [0.25, 0.3) is 0 Å². The minimum atomic E-state index is -2.03. The van der Waals surface area contributed by atoms with Crippen LogP contribution in [0.4, 0.5) is 5.69 Å². The Balaban J connectivity index is 1.94. The Bertz CT molecular complexity index is 835. The van der Waals surface area contributed by atoms with Crippen molar-refractivity contribution in [3.63, 3.8) is 0 Å². The number of ketones is 1. The van der Waals surface area contributed by atoms with E-state index in [9.17, 15) is 14.7 Å². The van der Waals surface area contributed by atoms with Crippen LogP contribution in [-0.4, -0.2) is 23.9 Å². The number of fused-ring (bicyclic) bond motifs is 1. The van der Waals surface area contributed by atoms with E-state index >= 15 is 0 Å². The third kappa shape index (κ3) is 2.75. The second-order valence-corrected chi connectivity index (χ2v) is 6.30. The van der Waals surface area contributed by atoms with Crippen molar-refractivity contribution >= 4 is 40.6 Å². The van der Waals surface area contributed by atoms with Gasteiger partial charge in [0, 0.05) is 16.1 Å². The van der Waals surface area contributed by atoms with E-state index in [0.717, 1.165) is 0 Å². The first-order chi connectivity index (χ1) is 11.3. The van der Waals surface area contributed by atoms with Gasteiger partial charge < -0.3 is 15.2 Å².